The normalized spacial score (nSPS) is 16.7. The molecule has 0 bridgehead atoms. The molecular formula is C15H27N3. The zero-order chi connectivity index (χ0) is 13.9. The van der Waals surface area contributed by atoms with Crippen molar-refractivity contribution in [1.82, 2.24) is 10.3 Å². The molecule has 0 radical (unpaired) electrons. The van der Waals surface area contributed by atoms with Gasteiger partial charge < -0.3 is 4.90 Å². The van der Waals surface area contributed by atoms with Crippen molar-refractivity contribution in [3.63, 3.8) is 0 Å². The minimum Gasteiger partial charge on any atom is -0.302 e. The number of nitrogens with zero attached hydrogens (tertiary/aromatic N) is 1. The predicted octanol–water partition coefficient (Wildman–Crippen LogP) is 2.54. The minimum atomic E-state index is -0.00664. The lowest BCUT2D eigenvalue weighted by Crippen LogP contribution is -2.53. The fourth-order valence-corrected chi connectivity index (χ4v) is 2.45. The molecule has 1 aromatic carbocycles. The Kier molecular flexibility index (Phi) is 4.91. The molecule has 0 aliphatic carbocycles. The molecule has 2 unspecified atom stereocenters. The summed E-state index contributed by atoms with van der Waals surface area (Å²) in [6.45, 7) is 8.72. The van der Waals surface area contributed by atoms with Crippen LogP contribution in [0.4, 0.5) is 0 Å². The van der Waals surface area contributed by atoms with E-state index in [4.69, 9.17) is 5.84 Å². The number of rotatable bonds is 5. The first-order valence-corrected chi connectivity index (χ1v) is 6.57. The van der Waals surface area contributed by atoms with E-state index in [2.05, 4.69) is 70.3 Å². The second-order valence-electron chi connectivity index (χ2n) is 5.56. The molecule has 0 amide bonds. The summed E-state index contributed by atoms with van der Waals surface area (Å²) in [4.78, 5) is 2.25. The topological polar surface area (TPSA) is 41.3 Å². The molecule has 3 N–H and O–H groups in total. The van der Waals surface area contributed by atoms with Gasteiger partial charge in [0.25, 0.3) is 0 Å². The van der Waals surface area contributed by atoms with Crippen molar-refractivity contribution >= 4 is 0 Å². The molecule has 1 aromatic rings. The number of nitrogens with one attached hydrogen (secondary N) is 1. The Morgan fingerprint density at radius 1 is 1.33 bits per heavy atom. The molecule has 0 spiro atoms. The lowest BCUT2D eigenvalue weighted by atomic mass is 9.82. The van der Waals surface area contributed by atoms with Gasteiger partial charge in [0.2, 0.25) is 0 Å². The van der Waals surface area contributed by atoms with Gasteiger partial charge in [0.1, 0.15) is 0 Å². The van der Waals surface area contributed by atoms with Gasteiger partial charge >= 0.3 is 0 Å². The summed E-state index contributed by atoms with van der Waals surface area (Å²) in [7, 11) is 4.22. The van der Waals surface area contributed by atoms with Crippen LogP contribution in [0.1, 0.15) is 43.0 Å². The average Bonchev–Trinajstić information content (AvgIpc) is 2.33. The van der Waals surface area contributed by atoms with Crippen molar-refractivity contribution in [3.8, 4) is 0 Å². The van der Waals surface area contributed by atoms with Gasteiger partial charge in [-0.1, -0.05) is 30.7 Å². The van der Waals surface area contributed by atoms with E-state index in [1.165, 1.54) is 16.7 Å². The zero-order valence-corrected chi connectivity index (χ0v) is 12.5. The molecule has 2 atom stereocenters. The van der Waals surface area contributed by atoms with Crippen LogP contribution in [-0.4, -0.2) is 24.5 Å². The summed E-state index contributed by atoms with van der Waals surface area (Å²) in [5.41, 5.74) is 6.85. The summed E-state index contributed by atoms with van der Waals surface area (Å²) in [5, 5.41) is 0. The van der Waals surface area contributed by atoms with E-state index in [0.717, 1.165) is 6.42 Å². The zero-order valence-electron chi connectivity index (χ0n) is 12.5. The van der Waals surface area contributed by atoms with E-state index in [-0.39, 0.29) is 11.6 Å². The van der Waals surface area contributed by atoms with E-state index < -0.39 is 0 Å². The third-order valence-electron chi connectivity index (χ3n) is 4.27. The molecule has 0 fully saturated rings. The fraction of sp³-hybridized carbons (Fsp3) is 0.600. The van der Waals surface area contributed by atoms with Crippen LogP contribution in [0.2, 0.25) is 0 Å². The van der Waals surface area contributed by atoms with Crippen molar-refractivity contribution in [1.29, 1.82) is 0 Å². The van der Waals surface area contributed by atoms with Crippen molar-refractivity contribution in [2.24, 2.45) is 5.84 Å². The first-order valence-electron chi connectivity index (χ1n) is 6.57. The van der Waals surface area contributed by atoms with Gasteiger partial charge in [0.15, 0.2) is 0 Å². The summed E-state index contributed by atoms with van der Waals surface area (Å²) in [6.07, 6.45) is 1.03. The van der Waals surface area contributed by atoms with Crippen molar-refractivity contribution in [3.05, 3.63) is 34.9 Å². The van der Waals surface area contributed by atoms with Crippen molar-refractivity contribution in [2.75, 3.05) is 14.1 Å². The predicted molar refractivity (Wildman–Crippen MR) is 78.4 cm³/mol. The van der Waals surface area contributed by atoms with Crippen LogP contribution in [0.3, 0.4) is 0 Å². The Bertz CT molecular complexity index is 401. The van der Waals surface area contributed by atoms with Crippen LogP contribution in [0.25, 0.3) is 0 Å². The summed E-state index contributed by atoms with van der Waals surface area (Å²) in [5.74, 6) is 5.85. The van der Waals surface area contributed by atoms with Crippen molar-refractivity contribution in [2.45, 2.75) is 45.7 Å². The number of nitrogens with two attached hydrogens (primary N) is 1. The van der Waals surface area contributed by atoms with Gasteiger partial charge in [-0.15, -0.1) is 0 Å². The van der Waals surface area contributed by atoms with Gasteiger partial charge in [-0.05, 0) is 52.4 Å². The Morgan fingerprint density at radius 2 is 1.94 bits per heavy atom. The standard InChI is InChI=1S/C15H27N3/c1-7-15(4,18(5)6)14(17-16)13-10-11(2)8-9-12(13)3/h8-10,14,17H,7,16H2,1-6H3. The molecule has 3 nitrogen and oxygen atoms in total. The first kappa shape index (κ1) is 15.2. The highest BCUT2D eigenvalue weighted by Gasteiger charge is 2.35. The molecule has 0 saturated carbocycles. The highest BCUT2D eigenvalue weighted by atomic mass is 15.3. The number of benzene rings is 1. The smallest absolute Gasteiger partial charge is 0.0643 e. The van der Waals surface area contributed by atoms with Crippen LogP contribution < -0.4 is 11.3 Å². The van der Waals surface area contributed by atoms with Gasteiger partial charge in [-0.2, -0.15) is 0 Å². The van der Waals surface area contributed by atoms with E-state index in [0.29, 0.717) is 0 Å². The maximum absolute atomic E-state index is 5.85. The number of hydrazine groups is 1. The van der Waals surface area contributed by atoms with Crippen LogP contribution in [0.5, 0.6) is 0 Å². The molecule has 0 saturated heterocycles. The third-order valence-corrected chi connectivity index (χ3v) is 4.27. The van der Waals surface area contributed by atoms with Gasteiger partial charge in [-0.25, -0.2) is 0 Å². The Labute approximate surface area is 111 Å². The van der Waals surface area contributed by atoms with E-state index in [9.17, 15) is 0 Å². The lowest BCUT2D eigenvalue weighted by Gasteiger charge is -2.43. The maximum atomic E-state index is 5.85. The quantitative estimate of drug-likeness (QED) is 0.622. The largest absolute Gasteiger partial charge is 0.302 e. The number of likely N-dealkylation sites (N-methyl/N-ethyl adjacent to an activating group) is 1. The van der Waals surface area contributed by atoms with Crippen LogP contribution in [0.15, 0.2) is 18.2 Å². The van der Waals surface area contributed by atoms with Gasteiger partial charge in [0, 0.05) is 5.54 Å². The molecular weight excluding hydrogens is 222 g/mol. The van der Waals surface area contributed by atoms with E-state index in [1.54, 1.807) is 0 Å². The molecule has 0 aliphatic rings. The van der Waals surface area contributed by atoms with E-state index >= 15 is 0 Å². The molecule has 0 aliphatic heterocycles. The number of aryl methyl sites for hydroxylation is 2. The second kappa shape index (κ2) is 5.83. The summed E-state index contributed by atoms with van der Waals surface area (Å²) < 4.78 is 0. The maximum Gasteiger partial charge on any atom is 0.0643 e. The monoisotopic (exact) mass is 249 g/mol. The molecule has 3 heteroatoms. The van der Waals surface area contributed by atoms with Gasteiger partial charge in [-0.3, -0.25) is 11.3 Å². The number of hydrogen-bond donors (Lipinski definition) is 2. The first-order chi connectivity index (χ1) is 8.36. The fourth-order valence-electron chi connectivity index (χ4n) is 2.45. The molecule has 18 heavy (non-hydrogen) atoms. The highest BCUT2D eigenvalue weighted by molar-refractivity contribution is 5.35. The van der Waals surface area contributed by atoms with Crippen molar-refractivity contribution < 1.29 is 0 Å². The van der Waals surface area contributed by atoms with Crippen LogP contribution >= 0.6 is 0 Å². The lowest BCUT2D eigenvalue weighted by molar-refractivity contribution is 0.112. The minimum absolute atomic E-state index is 0.00664. The second-order valence-corrected chi connectivity index (χ2v) is 5.56. The molecule has 0 aromatic heterocycles. The number of hydrogen-bond acceptors (Lipinski definition) is 3. The Morgan fingerprint density at radius 3 is 2.39 bits per heavy atom. The SMILES string of the molecule is CCC(C)(C(NN)c1cc(C)ccc1C)N(C)C. The van der Waals surface area contributed by atoms with Gasteiger partial charge in [0.05, 0.1) is 6.04 Å². The average molecular weight is 249 g/mol. The summed E-state index contributed by atoms with van der Waals surface area (Å²) >= 11 is 0. The third kappa shape index (κ3) is 2.74. The summed E-state index contributed by atoms with van der Waals surface area (Å²) in [6, 6.07) is 6.67. The molecule has 1 rings (SSSR count). The van der Waals surface area contributed by atoms with E-state index in [1.807, 2.05) is 0 Å². The highest BCUT2D eigenvalue weighted by Crippen LogP contribution is 2.34. The Hall–Kier alpha value is -0.900. The molecule has 102 valence electrons. The molecule has 0 heterocycles. The Balaban J connectivity index is 3.28. The van der Waals surface area contributed by atoms with Crippen LogP contribution in [-0.2, 0) is 0 Å². The van der Waals surface area contributed by atoms with Crippen LogP contribution in [0, 0.1) is 13.8 Å².